The molecule has 0 aromatic heterocycles. The molecule has 0 aliphatic carbocycles. The molecule has 2 nitrogen and oxygen atoms in total. The molecule has 0 bridgehead atoms. The second-order valence-electron chi connectivity index (χ2n) is 4.81. The highest BCUT2D eigenvalue weighted by atomic mass is 16.3. The first-order valence-electron chi connectivity index (χ1n) is 6.17. The van der Waals surface area contributed by atoms with Gasteiger partial charge in [-0.25, -0.2) is 0 Å². The molecule has 0 heterocycles. The average Bonchev–Trinajstić information content (AvgIpc) is 2.39. The van der Waals surface area contributed by atoms with Gasteiger partial charge in [0.1, 0.15) is 5.60 Å². The molecular weight excluding hydrogens is 222 g/mol. The number of hydrogen-bond acceptors (Lipinski definition) is 2. The highest BCUT2D eigenvalue weighted by Crippen LogP contribution is 2.22. The quantitative estimate of drug-likeness (QED) is 0.860. The molecule has 0 aliphatic rings. The van der Waals surface area contributed by atoms with Crippen LogP contribution in [0.3, 0.4) is 0 Å². The van der Waals surface area contributed by atoms with E-state index in [9.17, 15) is 5.11 Å². The van der Waals surface area contributed by atoms with E-state index in [0.717, 1.165) is 11.3 Å². The number of benzene rings is 2. The lowest BCUT2D eigenvalue weighted by atomic mass is 9.96. The molecule has 0 amide bonds. The predicted molar refractivity (Wildman–Crippen MR) is 75.7 cm³/mol. The molecule has 0 saturated carbocycles. The minimum absolute atomic E-state index is 0.488. The van der Waals surface area contributed by atoms with Gasteiger partial charge in [0.25, 0.3) is 0 Å². The van der Waals surface area contributed by atoms with Crippen LogP contribution in [0.2, 0.25) is 0 Å². The summed E-state index contributed by atoms with van der Waals surface area (Å²) in [5.41, 5.74) is 2.30. The lowest BCUT2D eigenvalue weighted by Gasteiger charge is -2.25. The molecule has 2 aromatic rings. The summed E-state index contributed by atoms with van der Waals surface area (Å²) >= 11 is 0. The molecule has 2 rings (SSSR count). The Balaban J connectivity index is 2.08. The number of nitrogens with one attached hydrogen (secondary N) is 1. The maximum absolute atomic E-state index is 10.5. The van der Waals surface area contributed by atoms with Crippen LogP contribution in [-0.2, 0) is 5.60 Å². The normalized spacial score (nSPS) is 13.9. The molecular formula is C16H19NO. The van der Waals surface area contributed by atoms with E-state index in [4.69, 9.17) is 0 Å². The molecule has 1 unspecified atom stereocenters. The smallest absolute Gasteiger partial charge is 0.104 e. The van der Waals surface area contributed by atoms with Crippen LogP contribution < -0.4 is 5.32 Å². The first-order valence-corrected chi connectivity index (χ1v) is 6.17. The Morgan fingerprint density at radius 3 is 2.28 bits per heavy atom. The number of rotatable bonds is 4. The zero-order valence-corrected chi connectivity index (χ0v) is 10.9. The zero-order valence-electron chi connectivity index (χ0n) is 10.9. The summed E-state index contributed by atoms with van der Waals surface area (Å²) in [6.45, 7) is 4.37. The van der Waals surface area contributed by atoms with Crippen LogP contribution in [0.15, 0.2) is 54.6 Å². The lowest BCUT2D eigenvalue weighted by molar-refractivity contribution is 0.0715. The van der Waals surface area contributed by atoms with Crippen LogP contribution in [0.25, 0.3) is 0 Å². The molecule has 0 saturated heterocycles. The van der Waals surface area contributed by atoms with Crippen molar-refractivity contribution < 1.29 is 5.11 Å². The Labute approximate surface area is 108 Å². The number of para-hydroxylation sites is 1. The number of hydrogen-bond donors (Lipinski definition) is 2. The van der Waals surface area contributed by atoms with Crippen molar-refractivity contribution in [2.24, 2.45) is 0 Å². The van der Waals surface area contributed by atoms with Crippen molar-refractivity contribution in [3.8, 4) is 0 Å². The van der Waals surface area contributed by atoms with Crippen molar-refractivity contribution in [2.75, 3.05) is 11.9 Å². The van der Waals surface area contributed by atoms with Crippen molar-refractivity contribution in [3.05, 3.63) is 65.7 Å². The third-order valence-corrected chi connectivity index (χ3v) is 3.16. The van der Waals surface area contributed by atoms with Gasteiger partial charge in [-0.1, -0.05) is 48.5 Å². The van der Waals surface area contributed by atoms with E-state index in [-0.39, 0.29) is 0 Å². The minimum atomic E-state index is -0.871. The van der Waals surface area contributed by atoms with Gasteiger partial charge < -0.3 is 10.4 Å². The standard InChI is InChI=1S/C16H19NO/c1-13-8-6-7-11-15(13)17-12-16(2,18)14-9-4-3-5-10-14/h3-11,17-18H,12H2,1-2H3. The van der Waals surface area contributed by atoms with Gasteiger partial charge in [-0.15, -0.1) is 0 Å². The fraction of sp³-hybridized carbons (Fsp3) is 0.250. The molecule has 2 heteroatoms. The Bertz CT molecular complexity index is 506. The van der Waals surface area contributed by atoms with E-state index in [0.29, 0.717) is 6.54 Å². The van der Waals surface area contributed by atoms with Gasteiger partial charge in [-0.2, -0.15) is 0 Å². The van der Waals surface area contributed by atoms with Crippen molar-refractivity contribution in [1.29, 1.82) is 0 Å². The molecule has 0 spiro atoms. The first-order chi connectivity index (χ1) is 8.59. The Kier molecular flexibility index (Phi) is 3.68. The Morgan fingerprint density at radius 1 is 1.00 bits per heavy atom. The summed E-state index contributed by atoms with van der Waals surface area (Å²) in [6, 6.07) is 17.8. The number of anilines is 1. The maximum atomic E-state index is 10.5. The van der Waals surface area contributed by atoms with Gasteiger partial charge in [0, 0.05) is 12.2 Å². The van der Waals surface area contributed by atoms with E-state index >= 15 is 0 Å². The number of aryl methyl sites for hydroxylation is 1. The third kappa shape index (κ3) is 2.90. The van der Waals surface area contributed by atoms with Gasteiger partial charge in [-0.05, 0) is 31.0 Å². The van der Waals surface area contributed by atoms with Crippen molar-refractivity contribution in [1.82, 2.24) is 0 Å². The van der Waals surface area contributed by atoms with E-state index in [2.05, 4.69) is 18.3 Å². The van der Waals surface area contributed by atoms with E-state index in [1.807, 2.05) is 55.5 Å². The summed E-state index contributed by atoms with van der Waals surface area (Å²) in [5.74, 6) is 0. The fourth-order valence-corrected chi connectivity index (χ4v) is 1.94. The van der Waals surface area contributed by atoms with E-state index in [1.54, 1.807) is 0 Å². The van der Waals surface area contributed by atoms with E-state index in [1.165, 1.54) is 5.56 Å². The largest absolute Gasteiger partial charge is 0.384 e. The topological polar surface area (TPSA) is 32.3 Å². The maximum Gasteiger partial charge on any atom is 0.104 e. The third-order valence-electron chi connectivity index (χ3n) is 3.16. The summed E-state index contributed by atoms with van der Waals surface area (Å²) in [6.07, 6.45) is 0. The predicted octanol–water partition coefficient (Wildman–Crippen LogP) is 3.31. The fourth-order valence-electron chi connectivity index (χ4n) is 1.94. The van der Waals surface area contributed by atoms with Gasteiger partial charge in [0.05, 0.1) is 0 Å². The molecule has 94 valence electrons. The van der Waals surface area contributed by atoms with Gasteiger partial charge in [0.2, 0.25) is 0 Å². The molecule has 2 aromatic carbocycles. The van der Waals surface area contributed by atoms with Gasteiger partial charge in [0.15, 0.2) is 0 Å². The first kappa shape index (κ1) is 12.7. The monoisotopic (exact) mass is 241 g/mol. The summed E-state index contributed by atoms with van der Waals surface area (Å²) in [4.78, 5) is 0. The molecule has 2 N–H and O–H groups in total. The van der Waals surface area contributed by atoms with Crippen molar-refractivity contribution >= 4 is 5.69 Å². The molecule has 0 radical (unpaired) electrons. The molecule has 0 fully saturated rings. The Morgan fingerprint density at radius 2 is 1.61 bits per heavy atom. The van der Waals surface area contributed by atoms with E-state index < -0.39 is 5.60 Å². The van der Waals surface area contributed by atoms with Crippen LogP contribution in [0.1, 0.15) is 18.1 Å². The molecule has 18 heavy (non-hydrogen) atoms. The van der Waals surface area contributed by atoms with Crippen LogP contribution in [0, 0.1) is 6.92 Å². The lowest BCUT2D eigenvalue weighted by Crippen LogP contribution is -2.30. The summed E-state index contributed by atoms with van der Waals surface area (Å²) < 4.78 is 0. The Hall–Kier alpha value is -1.80. The van der Waals surface area contributed by atoms with Gasteiger partial charge in [-0.3, -0.25) is 0 Å². The average molecular weight is 241 g/mol. The highest BCUT2D eigenvalue weighted by Gasteiger charge is 2.22. The number of aliphatic hydroxyl groups is 1. The second-order valence-corrected chi connectivity index (χ2v) is 4.81. The van der Waals surface area contributed by atoms with Gasteiger partial charge >= 0.3 is 0 Å². The summed E-state index contributed by atoms with van der Waals surface area (Å²) in [7, 11) is 0. The molecule has 0 aliphatic heterocycles. The van der Waals surface area contributed by atoms with Crippen LogP contribution in [0.5, 0.6) is 0 Å². The SMILES string of the molecule is Cc1ccccc1NCC(C)(O)c1ccccc1. The van der Waals surface area contributed by atoms with Crippen LogP contribution in [0.4, 0.5) is 5.69 Å². The van der Waals surface area contributed by atoms with Crippen molar-refractivity contribution in [3.63, 3.8) is 0 Å². The second kappa shape index (κ2) is 5.23. The minimum Gasteiger partial charge on any atom is -0.384 e. The van der Waals surface area contributed by atoms with Crippen LogP contribution in [-0.4, -0.2) is 11.7 Å². The highest BCUT2D eigenvalue weighted by molar-refractivity contribution is 5.50. The zero-order chi connectivity index (χ0) is 13.0. The van der Waals surface area contributed by atoms with Crippen molar-refractivity contribution in [2.45, 2.75) is 19.4 Å². The molecule has 1 atom stereocenters. The summed E-state index contributed by atoms with van der Waals surface area (Å²) in [5, 5.41) is 13.8. The van der Waals surface area contributed by atoms with Crippen LogP contribution >= 0.6 is 0 Å².